The molecule has 1 unspecified atom stereocenters. The van der Waals surface area contributed by atoms with Gasteiger partial charge in [-0.05, 0) is 29.4 Å². The van der Waals surface area contributed by atoms with E-state index in [1.54, 1.807) is 12.3 Å². The van der Waals surface area contributed by atoms with E-state index in [0.717, 1.165) is 17.2 Å². The second-order valence-electron chi connectivity index (χ2n) is 3.61. The molecule has 1 aliphatic heterocycles. The van der Waals surface area contributed by atoms with Crippen LogP contribution >= 0.6 is 0 Å². The molecule has 0 bridgehead atoms. The van der Waals surface area contributed by atoms with Crippen molar-refractivity contribution in [3.8, 4) is 0 Å². The molecular weight excluding hydrogens is 216 g/mol. The SMILES string of the molecule is O=C(O)C=Cc1ccc(C2C=CC=CO2)cc1. The van der Waals surface area contributed by atoms with Crippen molar-refractivity contribution in [3.05, 3.63) is 66.0 Å². The van der Waals surface area contributed by atoms with Gasteiger partial charge in [-0.25, -0.2) is 4.79 Å². The maximum Gasteiger partial charge on any atom is 0.328 e. The van der Waals surface area contributed by atoms with Crippen molar-refractivity contribution in [1.82, 2.24) is 0 Å². The van der Waals surface area contributed by atoms with Gasteiger partial charge in [-0.15, -0.1) is 0 Å². The fourth-order valence-corrected chi connectivity index (χ4v) is 1.54. The molecule has 0 fully saturated rings. The standard InChI is InChI=1S/C14H12O3/c15-14(16)9-6-11-4-7-12(8-5-11)13-3-1-2-10-17-13/h1-10,13H,(H,15,16). The molecule has 3 heteroatoms. The Morgan fingerprint density at radius 1 is 1.24 bits per heavy atom. The minimum atomic E-state index is -0.947. The quantitative estimate of drug-likeness (QED) is 0.809. The first-order valence-corrected chi connectivity index (χ1v) is 5.25. The van der Waals surface area contributed by atoms with Gasteiger partial charge < -0.3 is 9.84 Å². The lowest BCUT2D eigenvalue weighted by Gasteiger charge is -2.15. The third kappa shape index (κ3) is 3.08. The van der Waals surface area contributed by atoms with Crippen LogP contribution in [0.1, 0.15) is 17.2 Å². The summed E-state index contributed by atoms with van der Waals surface area (Å²) in [4.78, 5) is 10.4. The molecule has 0 radical (unpaired) electrons. The van der Waals surface area contributed by atoms with Gasteiger partial charge in [0.05, 0.1) is 6.26 Å². The van der Waals surface area contributed by atoms with E-state index in [-0.39, 0.29) is 6.10 Å². The smallest absolute Gasteiger partial charge is 0.328 e. The lowest BCUT2D eigenvalue weighted by molar-refractivity contribution is -0.131. The Labute approximate surface area is 99.3 Å². The second kappa shape index (κ2) is 5.16. The van der Waals surface area contributed by atoms with Crippen LogP contribution in [0.3, 0.4) is 0 Å². The van der Waals surface area contributed by atoms with Crippen LogP contribution in [0.5, 0.6) is 0 Å². The number of benzene rings is 1. The third-order valence-corrected chi connectivity index (χ3v) is 2.38. The monoisotopic (exact) mass is 228 g/mol. The van der Waals surface area contributed by atoms with Gasteiger partial charge in [0, 0.05) is 6.08 Å². The van der Waals surface area contributed by atoms with Gasteiger partial charge in [0.1, 0.15) is 6.10 Å². The highest BCUT2D eigenvalue weighted by molar-refractivity contribution is 5.85. The van der Waals surface area contributed by atoms with Crippen LogP contribution in [-0.4, -0.2) is 11.1 Å². The summed E-state index contributed by atoms with van der Waals surface area (Å²) < 4.78 is 5.42. The van der Waals surface area contributed by atoms with Crippen LogP contribution in [-0.2, 0) is 9.53 Å². The largest absolute Gasteiger partial charge is 0.489 e. The van der Waals surface area contributed by atoms with Gasteiger partial charge in [-0.2, -0.15) is 0 Å². The Kier molecular flexibility index (Phi) is 3.40. The van der Waals surface area contributed by atoms with E-state index >= 15 is 0 Å². The van der Waals surface area contributed by atoms with E-state index < -0.39 is 5.97 Å². The highest BCUT2D eigenvalue weighted by Crippen LogP contribution is 2.22. The zero-order chi connectivity index (χ0) is 12.1. The van der Waals surface area contributed by atoms with Crippen LogP contribution in [0, 0.1) is 0 Å². The van der Waals surface area contributed by atoms with E-state index in [0.29, 0.717) is 0 Å². The number of carboxylic acids is 1. The molecule has 17 heavy (non-hydrogen) atoms. The number of hydrogen-bond donors (Lipinski definition) is 1. The molecule has 0 aromatic heterocycles. The predicted octanol–water partition coefficient (Wildman–Crippen LogP) is 2.93. The molecule has 1 aromatic rings. The molecule has 0 spiro atoms. The Balaban J connectivity index is 2.10. The van der Waals surface area contributed by atoms with Crippen molar-refractivity contribution in [2.75, 3.05) is 0 Å². The van der Waals surface area contributed by atoms with E-state index in [1.807, 2.05) is 42.5 Å². The van der Waals surface area contributed by atoms with E-state index in [9.17, 15) is 4.79 Å². The fourth-order valence-electron chi connectivity index (χ4n) is 1.54. The van der Waals surface area contributed by atoms with Gasteiger partial charge in [-0.3, -0.25) is 0 Å². The summed E-state index contributed by atoms with van der Waals surface area (Å²) in [5.41, 5.74) is 1.89. The lowest BCUT2D eigenvalue weighted by Crippen LogP contribution is -1.98. The van der Waals surface area contributed by atoms with Crippen LogP contribution in [0.2, 0.25) is 0 Å². The molecule has 0 aliphatic carbocycles. The minimum absolute atomic E-state index is 0.0579. The Bertz CT molecular complexity index is 481. The summed E-state index contributed by atoms with van der Waals surface area (Å²) in [5.74, 6) is -0.947. The second-order valence-corrected chi connectivity index (χ2v) is 3.61. The topological polar surface area (TPSA) is 46.5 Å². The number of aliphatic carboxylic acids is 1. The van der Waals surface area contributed by atoms with Crippen molar-refractivity contribution in [2.45, 2.75) is 6.10 Å². The van der Waals surface area contributed by atoms with E-state index in [1.165, 1.54) is 0 Å². The molecule has 3 nitrogen and oxygen atoms in total. The zero-order valence-corrected chi connectivity index (χ0v) is 9.11. The predicted molar refractivity (Wildman–Crippen MR) is 65.2 cm³/mol. The summed E-state index contributed by atoms with van der Waals surface area (Å²) in [5, 5.41) is 8.51. The zero-order valence-electron chi connectivity index (χ0n) is 9.11. The van der Waals surface area contributed by atoms with Crippen molar-refractivity contribution < 1.29 is 14.6 Å². The fraction of sp³-hybridized carbons (Fsp3) is 0.0714. The van der Waals surface area contributed by atoms with Gasteiger partial charge in [0.25, 0.3) is 0 Å². The average molecular weight is 228 g/mol. The van der Waals surface area contributed by atoms with Crippen molar-refractivity contribution in [1.29, 1.82) is 0 Å². The lowest BCUT2D eigenvalue weighted by atomic mass is 10.1. The van der Waals surface area contributed by atoms with Gasteiger partial charge in [-0.1, -0.05) is 30.3 Å². The minimum Gasteiger partial charge on any atom is -0.489 e. The van der Waals surface area contributed by atoms with Crippen LogP contribution < -0.4 is 0 Å². The van der Waals surface area contributed by atoms with Crippen molar-refractivity contribution in [2.24, 2.45) is 0 Å². The van der Waals surface area contributed by atoms with Gasteiger partial charge in [0.15, 0.2) is 0 Å². The molecule has 1 atom stereocenters. The highest BCUT2D eigenvalue weighted by atomic mass is 16.5. The molecule has 1 heterocycles. The van der Waals surface area contributed by atoms with Crippen molar-refractivity contribution >= 4 is 12.0 Å². The Morgan fingerprint density at radius 2 is 2.00 bits per heavy atom. The summed E-state index contributed by atoms with van der Waals surface area (Å²) in [6.45, 7) is 0. The first-order chi connectivity index (χ1) is 8.25. The molecule has 0 amide bonds. The Hall–Kier alpha value is -2.29. The summed E-state index contributed by atoms with van der Waals surface area (Å²) in [6, 6.07) is 7.58. The molecular formula is C14H12O3. The number of rotatable bonds is 3. The van der Waals surface area contributed by atoms with Gasteiger partial charge >= 0.3 is 5.97 Å². The van der Waals surface area contributed by atoms with Gasteiger partial charge in [0.2, 0.25) is 0 Å². The average Bonchev–Trinajstić information content (AvgIpc) is 2.38. The van der Waals surface area contributed by atoms with E-state index in [2.05, 4.69) is 0 Å². The van der Waals surface area contributed by atoms with Crippen LogP contribution in [0.25, 0.3) is 6.08 Å². The number of ether oxygens (including phenoxy) is 1. The molecule has 1 aromatic carbocycles. The number of carbonyl (C=O) groups is 1. The Morgan fingerprint density at radius 3 is 2.59 bits per heavy atom. The van der Waals surface area contributed by atoms with E-state index in [4.69, 9.17) is 9.84 Å². The van der Waals surface area contributed by atoms with Crippen LogP contribution in [0.4, 0.5) is 0 Å². The molecule has 86 valence electrons. The summed E-state index contributed by atoms with van der Waals surface area (Å²) >= 11 is 0. The molecule has 0 saturated carbocycles. The number of hydrogen-bond acceptors (Lipinski definition) is 2. The van der Waals surface area contributed by atoms with Crippen molar-refractivity contribution in [3.63, 3.8) is 0 Å². The third-order valence-electron chi connectivity index (χ3n) is 2.38. The highest BCUT2D eigenvalue weighted by Gasteiger charge is 2.08. The maximum absolute atomic E-state index is 10.4. The maximum atomic E-state index is 10.4. The summed E-state index contributed by atoms with van der Waals surface area (Å²) in [7, 11) is 0. The molecule has 1 aliphatic rings. The number of carboxylic acid groups (broad SMARTS) is 1. The summed E-state index contributed by atoms with van der Waals surface area (Å²) in [6.07, 6.45) is 10.0. The molecule has 1 N–H and O–H groups in total. The first-order valence-electron chi connectivity index (χ1n) is 5.25. The normalized spacial score (nSPS) is 18.2. The molecule has 0 saturated heterocycles. The molecule has 2 rings (SSSR count). The van der Waals surface area contributed by atoms with Crippen LogP contribution in [0.15, 0.2) is 54.8 Å². The first kappa shape index (κ1) is 11.2. The number of allylic oxidation sites excluding steroid dienone is 2.